The molecule has 0 N–H and O–H groups in total. The quantitative estimate of drug-likeness (QED) is 0.160. The second-order valence-electron chi connectivity index (χ2n) is 8.86. The first-order valence-electron chi connectivity index (χ1n) is 12.1. The lowest BCUT2D eigenvalue weighted by Gasteiger charge is -2.34. The van der Waals surface area contributed by atoms with Crippen LogP contribution in [0.2, 0.25) is 0 Å². The smallest absolute Gasteiger partial charge is 0.284 e. The number of aryl methyl sites for hydroxylation is 1. The number of benzene rings is 1. The molecule has 2 rings (SSSR count). The van der Waals surface area contributed by atoms with Crippen LogP contribution in [0, 0.1) is 17.0 Å². The Morgan fingerprint density at radius 3 is 2.47 bits per heavy atom. The van der Waals surface area contributed by atoms with Crippen molar-refractivity contribution < 1.29 is 19.2 Å². The van der Waals surface area contributed by atoms with Crippen LogP contribution in [0.25, 0.3) is 0 Å². The number of ketones is 1. The fraction of sp³-hybridized carbons (Fsp3) is 0.680. The lowest BCUT2D eigenvalue weighted by Crippen LogP contribution is -2.42. The number of hydrogen-bond donors (Lipinski definition) is 0. The summed E-state index contributed by atoms with van der Waals surface area (Å²) < 4.78 is 5.76. The van der Waals surface area contributed by atoms with Crippen LogP contribution < -0.4 is 4.74 Å². The monoisotopic (exact) mass is 446 g/mol. The number of ether oxygens (including phenoxy) is 1. The fourth-order valence-corrected chi connectivity index (χ4v) is 4.51. The number of Topliss-reactive ketones (excluding diaryl/α,β-unsaturated/α-hetero) is 1. The highest BCUT2D eigenvalue weighted by molar-refractivity contribution is 6.01. The van der Waals surface area contributed by atoms with E-state index in [0.29, 0.717) is 24.4 Å². The molecule has 1 aromatic carbocycles. The zero-order valence-corrected chi connectivity index (χ0v) is 19.9. The van der Waals surface area contributed by atoms with Gasteiger partial charge in [-0.25, -0.2) is 0 Å². The number of nitro benzene ring substituents is 1. The first kappa shape index (κ1) is 25.8. The van der Waals surface area contributed by atoms with Gasteiger partial charge >= 0.3 is 0 Å². The Balaban J connectivity index is 1.96. The van der Waals surface area contributed by atoms with E-state index in [0.717, 1.165) is 32.2 Å². The van der Waals surface area contributed by atoms with Crippen molar-refractivity contribution in [2.24, 2.45) is 0 Å². The molecule has 0 radical (unpaired) electrons. The van der Waals surface area contributed by atoms with Gasteiger partial charge in [0.2, 0.25) is 5.91 Å². The maximum atomic E-state index is 13.0. The summed E-state index contributed by atoms with van der Waals surface area (Å²) in [4.78, 5) is 37.9. The van der Waals surface area contributed by atoms with E-state index in [1.807, 2.05) is 0 Å². The fourth-order valence-electron chi connectivity index (χ4n) is 4.51. The molecule has 1 aliphatic rings. The van der Waals surface area contributed by atoms with Crippen molar-refractivity contribution in [2.75, 3.05) is 13.2 Å². The first-order chi connectivity index (χ1) is 15.3. The highest BCUT2D eigenvalue weighted by Crippen LogP contribution is 2.31. The van der Waals surface area contributed by atoms with Crippen molar-refractivity contribution in [2.45, 2.75) is 97.4 Å². The first-order valence-corrected chi connectivity index (χ1v) is 12.1. The van der Waals surface area contributed by atoms with Crippen molar-refractivity contribution >= 4 is 17.4 Å². The molecule has 1 amide bonds. The molecule has 178 valence electrons. The largest absolute Gasteiger partial charge is 0.493 e. The standard InChI is InChI=1S/C25H38N2O5/c1-4-5-6-10-15-26(21-12-8-7-9-13-21)24(29)14-11-16-32-23-18-19(2)17-22(27(30)31)25(23)20(3)28/h17-18,21H,4-16H2,1-3H3. The zero-order chi connectivity index (χ0) is 23.5. The molecule has 1 aliphatic carbocycles. The van der Waals surface area contributed by atoms with Crippen LogP contribution in [-0.4, -0.2) is 40.7 Å². The minimum Gasteiger partial charge on any atom is -0.493 e. The van der Waals surface area contributed by atoms with Crippen LogP contribution in [0.15, 0.2) is 12.1 Å². The van der Waals surface area contributed by atoms with Crippen LogP contribution in [0.3, 0.4) is 0 Å². The molecule has 7 nitrogen and oxygen atoms in total. The van der Waals surface area contributed by atoms with Crippen molar-refractivity contribution in [3.63, 3.8) is 0 Å². The Hall–Kier alpha value is -2.44. The summed E-state index contributed by atoms with van der Waals surface area (Å²) >= 11 is 0. The van der Waals surface area contributed by atoms with Gasteiger partial charge in [0.25, 0.3) is 5.69 Å². The van der Waals surface area contributed by atoms with E-state index < -0.39 is 10.7 Å². The van der Waals surface area contributed by atoms with Crippen LogP contribution in [0.1, 0.15) is 100 Å². The molecule has 7 heteroatoms. The SMILES string of the molecule is CCCCCCN(C(=O)CCCOc1cc(C)cc([N+](=O)[O-])c1C(C)=O)C1CCCCC1. The Labute approximate surface area is 191 Å². The number of hydrogen-bond acceptors (Lipinski definition) is 5. The van der Waals surface area contributed by atoms with Crippen molar-refractivity contribution in [3.8, 4) is 5.75 Å². The number of nitrogens with zero attached hydrogens (tertiary/aromatic N) is 2. The highest BCUT2D eigenvalue weighted by atomic mass is 16.6. The molecule has 0 aromatic heterocycles. The number of carbonyl (C=O) groups excluding carboxylic acids is 2. The molecule has 32 heavy (non-hydrogen) atoms. The number of nitro groups is 1. The molecule has 0 spiro atoms. The summed E-state index contributed by atoms with van der Waals surface area (Å²) in [6.07, 6.45) is 11.3. The Morgan fingerprint density at radius 2 is 1.84 bits per heavy atom. The summed E-state index contributed by atoms with van der Waals surface area (Å²) in [7, 11) is 0. The minimum absolute atomic E-state index is 0.00770. The molecule has 0 bridgehead atoms. The predicted molar refractivity (Wildman–Crippen MR) is 125 cm³/mol. The van der Waals surface area contributed by atoms with Crippen LogP contribution >= 0.6 is 0 Å². The summed E-state index contributed by atoms with van der Waals surface area (Å²) in [5.41, 5.74) is 0.411. The normalized spacial score (nSPS) is 14.2. The van der Waals surface area contributed by atoms with Gasteiger partial charge in [0, 0.05) is 25.1 Å². The van der Waals surface area contributed by atoms with E-state index in [9.17, 15) is 19.7 Å². The molecule has 0 aliphatic heterocycles. The van der Waals surface area contributed by atoms with Gasteiger partial charge in [-0.1, -0.05) is 45.4 Å². The summed E-state index contributed by atoms with van der Waals surface area (Å²) in [5, 5.41) is 11.4. The Bertz CT molecular complexity index is 787. The molecule has 0 atom stereocenters. The van der Waals surface area contributed by atoms with Gasteiger partial charge in [0.1, 0.15) is 11.3 Å². The van der Waals surface area contributed by atoms with Gasteiger partial charge in [-0.2, -0.15) is 0 Å². The van der Waals surface area contributed by atoms with E-state index in [4.69, 9.17) is 4.74 Å². The number of carbonyl (C=O) groups is 2. The average molecular weight is 447 g/mol. The lowest BCUT2D eigenvalue weighted by atomic mass is 9.93. The van der Waals surface area contributed by atoms with E-state index in [1.54, 1.807) is 13.0 Å². The Kier molecular flexibility index (Phi) is 10.6. The predicted octanol–water partition coefficient (Wildman–Crippen LogP) is 6.01. The summed E-state index contributed by atoms with van der Waals surface area (Å²) in [5.74, 6) is -0.0160. The molecule has 0 unspecified atom stereocenters. The maximum Gasteiger partial charge on any atom is 0.284 e. The van der Waals surface area contributed by atoms with E-state index >= 15 is 0 Å². The van der Waals surface area contributed by atoms with Gasteiger partial charge in [-0.15, -0.1) is 0 Å². The summed E-state index contributed by atoms with van der Waals surface area (Å²) in [6, 6.07) is 3.38. The third kappa shape index (κ3) is 7.61. The van der Waals surface area contributed by atoms with Crippen LogP contribution in [-0.2, 0) is 4.79 Å². The molecular formula is C25H38N2O5. The average Bonchev–Trinajstić information content (AvgIpc) is 2.76. The lowest BCUT2D eigenvalue weighted by molar-refractivity contribution is -0.385. The molecule has 0 saturated heterocycles. The molecule has 1 aromatic rings. The number of rotatable bonds is 13. The van der Waals surface area contributed by atoms with Gasteiger partial charge in [-0.05, 0) is 51.2 Å². The maximum absolute atomic E-state index is 13.0. The van der Waals surface area contributed by atoms with E-state index in [2.05, 4.69) is 11.8 Å². The molecule has 1 saturated carbocycles. The van der Waals surface area contributed by atoms with Gasteiger partial charge in [0.05, 0.1) is 11.5 Å². The zero-order valence-electron chi connectivity index (χ0n) is 19.9. The van der Waals surface area contributed by atoms with Crippen molar-refractivity contribution in [1.29, 1.82) is 0 Å². The van der Waals surface area contributed by atoms with E-state index in [-0.39, 0.29) is 29.5 Å². The van der Waals surface area contributed by atoms with Gasteiger partial charge in [-0.3, -0.25) is 19.7 Å². The van der Waals surface area contributed by atoms with Crippen molar-refractivity contribution in [3.05, 3.63) is 33.4 Å². The number of unbranched alkanes of at least 4 members (excludes halogenated alkanes) is 3. The van der Waals surface area contributed by atoms with E-state index in [1.165, 1.54) is 45.1 Å². The van der Waals surface area contributed by atoms with Crippen LogP contribution in [0.5, 0.6) is 5.75 Å². The second-order valence-corrected chi connectivity index (χ2v) is 8.86. The Morgan fingerprint density at radius 1 is 1.12 bits per heavy atom. The minimum atomic E-state index is -0.555. The highest BCUT2D eigenvalue weighted by Gasteiger charge is 2.26. The summed E-state index contributed by atoms with van der Waals surface area (Å²) in [6.45, 7) is 6.27. The molecular weight excluding hydrogens is 408 g/mol. The topological polar surface area (TPSA) is 89.8 Å². The van der Waals surface area contributed by atoms with Gasteiger partial charge in [0.15, 0.2) is 5.78 Å². The third-order valence-corrected chi connectivity index (χ3v) is 6.16. The van der Waals surface area contributed by atoms with Crippen molar-refractivity contribution in [1.82, 2.24) is 4.90 Å². The second kappa shape index (κ2) is 13.2. The van der Waals surface area contributed by atoms with Crippen LogP contribution in [0.4, 0.5) is 5.69 Å². The molecule has 1 fully saturated rings. The number of amides is 1. The molecule has 0 heterocycles. The third-order valence-electron chi connectivity index (χ3n) is 6.16. The van der Waals surface area contributed by atoms with Gasteiger partial charge < -0.3 is 9.64 Å².